The normalized spacial score (nSPS) is 10.2. The Kier molecular flexibility index (Phi) is 4.65. The highest BCUT2D eigenvalue weighted by Crippen LogP contribution is 2.15. The predicted octanol–water partition coefficient (Wildman–Crippen LogP) is 2.23. The highest BCUT2D eigenvalue weighted by atomic mass is 79.9. The smallest absolute Gasteiger partial charge is 0.251 e. The molecule has 0 radical (unpaired) electrons. The van der Waals surface area contributed by atoms with Crippen LogP contribution >= 0.6 is 15.9 Å². The van der Waals surface area contributed by atoms with Crippen LogP contribution in [-0.4, -0.2) is 10.9 Å². The Hall–Kier alpha value is -1.72. The number of carbonyl (C=O) groups excluding carboxylic acids is 1. The minimum atomic E-state index is -0.132. The van der Waals surface area contributed by atoms with Crippen LogP contribution in [0.5, 0.6) is 0 Å². The molecule has 2 aromatic rings. The number of hydrogen-bond donors (Lipinski definition) is 2. The molecular formula is C14H14BrN3O. The maximum absolute atomic E-state index is 12.0. The highest BCUT2D eigenvalue weighted by molar-refractivity contribution is 9.10. The van der Waals surface area contributed by atoms with Crippen LogP contribution in [0.1, 0.15) is 21.6 Å². The van der Waals surface area contributed by atoms with Crippen LogP contribution in [0, 0.1) is 0 Å². The number of hydrogen-bond acceptors (Lipinski definition) is 3. The van der Waals surface area contributed by atoms with E-state index in [9.17, 15) is 4.79 Å². The van der Waals surface area contributed by atoms with Gasteiger partial charge in [0.15, 0.2) is 0 Å². The minimum Gasteiger partial charge on any atom is -0.348 e. The van der Waals surface area contributed by atoms with Crippen molar-refractivity contribution in [3.05, 3.63) is 63.9 Å². The Morgan fingerprint density at radius 3 is 2.84 bits per heavy atom. The van der Waals surface area contributed by atoms with Gasteiger partial charge in [0.25, 0.3) is 5.91 Å². The molecule has 0 saturated heterocycles. The van der Waals surface area contributed by atoms with Gasteiger partial charge in [0, 0.05) is 29.3 Å². The van der Waals surface area contributed by atoms with E-state index in [0.717, 1.165) is 10.0 Å². The minimum absolute atomic E-state index is 0.132. The molecule has 19 heavy (non-hydrogen) atoms. The van der Waals surface area contributed by atoms with E-state index in [1.807, 2.05) is 24.3 Å². The zero-order valence-corrected chi connectivity index (χ0v) is 11.9. The average molecular weight is 320 g/mol. The third kappa shape index (κ3) is 3.62. The van der Waals surface area contributed by atoms with Gasteiger partial charge in [0.1, 0.15) is 0 Å². The zero-order chi connectivity index (χ0) is 13.7. The molecule has 98 valence electrons. The fraction of sp³-hybridized carbons (Fsp3) is 0.143. The molecule has 0 aliphatic carbocycles. The number of rotatable bonds is 4. The summed E-state index contributed by atoms with van der Waals surface area (Å²) in [6.07, 6.45) is 1.59. The first-order valence-corrected chi connectivity index (χ1v) is 6.66. The van der Waals surface area contributed by atoms with Crippen LogP contribution in [0.3, 0.4) is 0 Å². The zero-order valence-electron chi connectivity index (χ0n) is 10.3. The summed E-state index contributed by atoms with van der Waals surface area (Å²) in [5.74, 6) is -0.132. The van der Waals surface area contributed by atoms with Crippen LogP contribution in [-0.2, 0) is 13.1 Å². The van der Waals surface area contributed by atoms with Crippen molar-refractivity contribution in [2.45, 2.75) is 13.1 Å². The standard InChI is InChI=1S/C14H14BrN3O/c15-13-4-2-1-3-11(13)9-18-14(19)10-5-6-17-12(7-10)8-16/h1-7H,8-9,16H2,(H,18,19). The van der Waals surface area contributed by atoms with Gasteiger partial charge in [-0.25, -0.2) is 0 Å². The first-order valence-electron chi connectivity index (χ1n) is 5.87. The van der Waals surface area contributed by atoms with Crippen LogP contribution in [0.4, 0.5) is 0 Å². The molecule has 0 saturated carbocycles. The Balaban J connectivity index is 2.03. The number of carbonyl (C=O) groups is 1. The summed E-state index contributed by atoms with van der Waals surface area (Å²) >= 11 is 3.45. The molecule has 0 atom stereocenters. The maximum Gasteiger partial charge on any atom is 0.251 e. The molecule has 1 aromatic heterocycles. The molecule has 1 amide bonds. The summed E-state index contributed by atoms with van der Waals surface area (Å²) in [6, 6.07) is 11.2. The topological polar surface area (TPSA) is 68.0 Å². The number of amides is 1. The van der Waals surface area contributed by atoms with E-state index in [0.29, 0.717) is 24.3 Å². The Morgan fingerprint density at radius 2 is 2.11 bits per heavy atom. The molecule has 0 unspecified atom stereocenters. The average Bonchev–Trinajstić information content (AvgIpc) is 2.46. The summed E-state index contributed by atoms with van der Waals surface area (Å²) in [6.45, 7) is 0.798. The molecular weight excluding hydrogens is 306 g/mol. The molecule has 3 N–H and O–H groups in total. The number of nitrogens with two attached hydrogens (primary N) is 1. The molecule has 0 spiro atoms. The number of nitrogens with one attached hydrogen (secondary N) is 1. The van der Waals surface area contributed by atoms with Gasteiger partial charge in [0.05, 0.1) is 5.69 Å². The number of nitrogens with zero attached hydrogens (tertiary/aromatic N) is 1. The lowest BCUT2D eigenvalue weighted by atomic mass is 10.2. The van der Waals surface area contributed by atoms with E-state index in [1.165, 1.54) is 0 Å². The van der Waals surface area contributed by atoms with Crippen molar-refractivity contribution in [1.29, 1.82) is 0 Å². The van der Waals surface area contributed by atoms with Gasteiger partial charge in [-0.05, 0) is 23.8 Å². The summed E-state index contributed by atoms with van der Waals surface area (Å²) in [5, 5.41) is 2.87. The van der Waals surface area contributed by atoms with Crippen molar-refractivity contribution in [3.8, 4) is 0 Å². The Morgan fingerprint density at radius 1 is 1.32 bits per heavy atom. The van der Waals surface area contributed by atoms with Crippen molar-refractivity contribution < 1.29 is 4.79 Å². The summed E-state index contributed by atoms with van der Waals surface area (Å²) in [7, 11) is 0. The van der Waals surface area contributed by atoms with Crippen LogP contribution in [0.25, 0.3) is 0 Å². The molecule has 0 aliphatic rings. The van der Waals surface area contributed by atoms with Crippen LogP contribution in [0.15, 0.2) is 47.1 Å². The lowest BCUT2D eigenvalue weighted by molar-refractivity contribution is 0.0950. The summed E-state index contributed by atoms with van der Waals surface area (Å²) in [5.41, 5.74) is 7.81. The lowest BCUT2D eigenvalue weighted by Gasteiger charge is -2.07. The lowest BCUT2D eigenvalue weighted by Crippen LogP contribution is -2.23. The summed E-state index contributed by atoms with van der Waals surface area (Å²) < 4.78 is 0.979. The largest absolute Gasteiger partial charge is 0.348 e. The number of pyridine rings is 1. The second kappa shape index (κ2) is 6.45. The van der Waals surface area contributed by atoms with Crippen LogP contribution < -0.4 is 11.1 Å². The van der Waals surface area contributed by atoms with Gasteiger partial charge in [-0.1, -0.05) is 34.1 Å². The van der Waals surface area contributed by atoms with Crippen LogP contribution in [0.2, 0.25) is 0 Å². The van der Waals surface area contributed by atoms with Crippen molar-refractivity contribution >= 4 is 21.8 Å². The molecule has 2 rings (SSSR count). The maximum atomic E-state index is 12.0. The third-order valence-electron chi connectivity index (χ3n) is 2.69. The number of halogens is 1. The van der Waals surface area contributed by atoms with E-state index < -0.39 is 0 Å². The third-order valence-corrected chi connectivity index (χ3v) is 3.46. The number of aromatic nitrogens is 1. The van der Waals surface area contributed by atoms with E-state index in [2.05, 4.69) is 26.2 Å². The van der Waals surface area contributed by atoms with E-state index in [1.54, 1.807) is 18.3 Å². The van der Waals surface area contributed by atoms with Gasteiger partial charge in [0.2, 0.25) is 0 Å². The van der Waals surface area contributed by atoms with Gasteiger partial charge in [-0.3, -0.25) is 9.78 Å². The molecule has 0 aliphatic heterocycles. The monoisotopic (exact) mass is 319 g/mol. The van der Waals surface area contributed by atoms with Crippen molar-refractivity contribution in [1.82, 2.24) is 10.3 Å². The fourth-order valence-electron chi connectivity index (χ4n) is 1.65. The summed E-state index contributed by atoms with van der Waals surface area (Å²) in [4.78, 5) is 16.1. The van der Waals surface area contributed by atoms with Gasteiger partial charge >= 0.3 is 0 Å². The SMILES string of the molecule is NCc1cc(C(=O)NCc2ccccc2Br)ccn1. The van der Waals surface area contributed by atoms with Gasteiger partial charge in [-0.2, -0.15) is 0 Å². The quantitative estimate of drug-likeness (QED) is 0.908. The van der Waals surface area contributed by atoms with E-state index >= 15 is 0 Å². The van der Waals surface area contributed by atoms with E-state index in [-0.39, 0.29) is 5.91 Å². The molecule has 0 bridgehead atoms. The predicted molar refractivity (Wildman–Crippen MR) is 77.4 cm³/mol. The van der Waals surface area contributed by atoms with Gasteiger partial charge in [-0.15, -0.1) is 0 Å². The molecule has 1 heterocycles. The first kappa shape index (κ1) is 13.7. The van der Waals surface area contributed by atoms with Crippen molar-refractivity contribution in [2.75, 3.05) is 0 Å². The Labute approximate surface area is 120 Å². The molecule has 0 fully saturated rings. The molecule has 4 nitrogen and oxygen atoms in total. The molecule has 5 heteroatoms. The Bertz CT molecular complexity index is 586. The van der Waals surface area contributed by atoms with Gasteiger partial charge < -0.3 is 11.1 Å². The highest BCUT2D eigenvalue weighted by Gasteiger charge is 2.07. The van der Waals surface area contributed by atoms with Crippen molar-refractivity contribution in [3.63, 3.8) is 0 Å². The second-order valence-electron chi connectivity index (χ2n) is 4.01. The van der Waals surface area contributed by atoms with Crippen molar-refractivity contribution in [2.24, 2.45) is 5.73 Å². The van der Waals surface area contributed by atoms with E-state index in [4.69, 9.17) is 5.73 Å². The first-order chi connectivity index (χ1) is 9.20. The molecule has 1 aromatic carbocycles. The number of benzene rings is 1. The fourth-order valence-corrected chi connectivity index (χ4v) is 2.08. The second-order valence-corrected chi connectivity index (χ2v) is 4.87.